The van der Waals surface area contributed by atoms with Crippen LogP contribution < -0.4 is 15.2 Å². The minimum Gasteiger partial charge on any atom is -0.502 e. The first-order chi connectivity index (χ1) is 17.8. The molecule has 3 aromatic rings. The Bertz CT molecular complexity index is 1430. The second-order valence-electron chi connectivity index (χ2n) is 9.41. The second kappa shape index (κ2) is 9.72. The van der Waals surface area contributed by atoms with Gasteiger partial charge in [-0.25, -0.2) is 4.39 Å². The number of amides is 1. The molecule has 2 aromatic carbocycles. The molecule has 0 unspecified atom stereocenters. The highest BCUT2D eigenvalue weighted by atomic mass is 19.2. The number of nitrogens with zero attached hydrogens (tertiary/aromatic N) is 3. The third-order valence-corrected chi connectivity index (χ3v) is 7.16. The Hall–Kier alpha value is -4.14. The maximum Gasteiger partial charge on any atom is 0.278 e. The largest absolute Gasteiger partial charge is 0.502 e. The topological polar surface area (TPSA) is 75.0 Å². The molecule has 0 spiro atoms. The van der Waals surface area contributed by atoms with Crippen molar-refractivity contribution < 1.29 is 23.4 Å². The number of aromatic nitrogens is 1. The van der Waals surface area contributed by atoms with E-state index in [1.165, 1.54) is 24.4 Å². The van der Waals surface area contributed by atoms with Crippen molar-refractivity contribution in [2.75, 3.05) is 18.3 Å². The Morgan fingerprint density at radius 2 is 1.86 bits per heavy atom. The normalized spacial score (nSPS) is 16.6. The Balaban J connectivity index is 1.44. The van der Waals surface area contributed by atoms with Crippen molar-refractivity contribution in [3.05, 3.63) is 106 Å². The molecule has 2 aliphatic rings. The van der Waals surface area contributed by atoms with Crippen LogP contribution in [-0.2, 0) is 6.54 Å². The summed E-state index contributed by atoms with van der Waals surface area (Å²) in [5.41, 5.74) is 0.766. The van der Waals surface area contributed by atoms with Crippen LogP contribution >= 0.6 is 0 Å². The molecule has 0 atom stereocenters. The summed E-state index contributed by atoms with van der Waals surface area (Å²) < 4.78 is 34.3. The van der Waals surface area contributed by atoms with Crippen molar-refractivity contribution in [1.29, 1.82) is 0 Å². The molecule has 7 nitrogen and oxygen atoms in total. The summed E-state index contributed by atoms with van der Waals surface area (Å²) in [5.74, 6) is -3.26. The van der Waals surface area contributed by atoms with Crippen LogP contribution in [-0.4, -0.2) is 39.4 Å². The number of pyridine rings is 1. The maximum absolute atomic E-state index is 13.9. The van der Waals surface area contributed by atoms with Crippen molar-refractivity contribution >= 4 is 5.91 Å². The molecular formula is C28H27F2N3O4. The summed E-state index contributed by atoms with van der Waals surface area (Å²) in [6.07, 6.45) is 7.30. The van der Waals surface area contributed by atoms with E-state index in [1.807, 2.05) is 42.3 Å². The van der Waals surface area contributed by atoms with Gasteiger partial charge in [0.1, 0.15) is 13.3 Å². The van der Waals surface area contributed by atoms with E-state index in [0.29, 0.717) is 19.4 Å². The van der Waals surface area contributed by atoms with Crippen molar-refractivity contribution in [3.63, 3.8) is 0 Å². The van der Waals surface area contributed by atoms with E-state index in [0.717, 1.165) is 23.6 Å². The Morgan fingerprint density at radius 1 is 1.08 bits per heavy atom. The zero-order chi connectivity index (χ0) is 26.2. The lowest BCUT2D eigenvalue weighted by atomic mass is 9.74. The molecule has 0 radical (unpaired) electrons. The van der Waals surface area contributed by atoms with Gasteiger partial charge in [-0.05, 0) is 55.5 Å². The fraction of sp³-hybridized carbons (Fsp3) is 0.286. The number of carbonyl (C=O) groups excluding carboxylic acids is 1. The van der Waals surface area contributed by atoms with Gasteiger partial charge in [-0.1, -0.05) is 36.4 Å². The number of fused-ring (bicyclic) bond motifs is 1. The summed E-state index contributed by atoms with van der Waals surface area (Å²) >= 11 is 0. The minimum atomic E-state index is -1.05. The van der Waals surface area contributed by atoms with Crippen molar-refractivity contribution in [1.82, 2.24) is 9.58 Å². The van der Waals surface area contributed by atoms with Crippen LogP contribution in [0.25, 0.3) is 0 Å². The van der Waals surface area contributed by atoms with Crippen LogP contribution in [0, 0.1) is 18.6 Å². The van der Waals surface area contributed by atoms with Gasteiger partial charge in [0.15, 0.2) is 23.0 Å². The molecule has 0 saturated heterocycles. The average molecular weight is 508 g/mol. The average Bonchev–Trinajstić information content (AvgIpc) is 2.86. The fourth-order valence-corrected chi connectivity index (χ4v) is 4.90. The van der Waals surface area contributed by atoms with E-state index >= 15 is 0 Å². The summed E-state index contributed by atoms with van der Waals surface area (Å²) in [4.78, 5) is 27.6. The van der Waals surface area contributed by atoms with Crippen LogP contribution in [0.4, 0.5) is 8.78 Å². The van der Waals surface area contributed by atoms with Gasteiger partial charge in [0.2, 0.25) is 11.2 Å². The number of carbonyl (C=O) groups is 1. The first-order valence-corrected chi connectivity index (χ1v) is 12.1. The first-order valence-electron chi connectivity index (χ1n) is 12.1. The lowest BCUT2D eigenvalue weighted by molar-refractivity contribution is 0.0263. The summed E-state index contributed by atoms with van der Waals surface area (Å²) in [6.45, 7) is 2.67. The molecule has 192 valence electrons. The number of halogens is 2. The molecule has 37 heavy (non-hydrogen) atoms. The zero-order valence-corrected chi connectivity index (χ0v) is 20.4. The number of hydrogen-bond acceptors (Lipinski definition) is 5. The van der Waals surface area contributed by atoms with E-state index in [1.54, 1.807) is 15.7 Å². The molecule has 9 heteroatoms. The van der Waals surface area contributed by atoms with Crippen LogP contribution in [0.1, 0.15) is 40.9 Å². The van der Waals surface area contributed by atoms with Crippen LogP contribution in [0.3, 0.4) is 0 Å². The number of hydrogen-bond donors (Lipinski definition) is 1. The molecule has 1 N–H and O–H groups in total. The highest BCUT2D eigenvalue weighted by Gasteiger charge is 2.47. The van der Waals surface area contributed by atoms with Crippen molar-refractivity contribution in [2.45, 2.75) is 38.3 Å². The first kappa shape index (κ1) is 24.5. The standard InChI is InChI=1S/C28H27F2N3O4/c1-19-7-2-3-8-20(19)17-31-18-32(27(36)25-26(35)22(34)11-15-33(25)31)28(12-5-13-28)14-6-16-37-23-10-4-9-21(29)24(23)30/h2-4,6-11,14-15,35H,5,12-13,16-18H2,1H3/b14-6+. The SMILES string of the molecule is Cc1ccccc1CN1CN(C2(/C=C/COc3cccc(F)c3F)CCC2)C(=O)c2c(O)c(=O)ccn21. The molecule has 1 amide bonds. The third kappa shape index (κ3) is 4.45. The molecule has 1 aliphatic carbocycles. The lowest BCUT2D eigenvalue weighted by Gasteiger charge is -2.52. The summed E-state index contributed by atoms with van der Waals surface area (Å²) in [7, 11) is 0. The van der Waals surface area contributed by atoms with Gasteiger partial charge >= 0.3 is 0 Å². The van der Waals surface area contributed by atoms with Crippen LogP contribution in [0.15, 0.2) is 71.7 Å². The minimum absolute atomic E-state index is 0.0155. The van der Waals surface area contributed by atoms with Gasteiger partial charge in [-0.2, -0.15) is 4.39 Å². The lowest BCUT2D eigenvalue weighted by Crippen LogP contribution is -2.63. The predicted octanol–water partition coefficient (Wildman–Crippen LogP) is 4.25. The summed E-state index contributed by atoms with van der Waals surface area (Å²) in [6, 6.07) is 12.9. The number of rotatable bonds is 7. The van der Waals surface area contributed by atoms with Crippen LogP contribution in [0.2, 0.25) is 0 Å². The highest BCUT2D eigenvalue weighted by molar-refractivity contribution is 5.97. The van der Waals surface area contributed by atoms with Crippen LogP contribution in [0.5, 0.6) is 11.5 Å². The van der Waals surface area contributed by atoms with E-state index in [4.69, 9.17) is 4.74 Å². The molecule has 2 heterocycles. The molecular weight excluding hydrogens is 480 g/mol. The van der Waals surface area contributed by atoms with Gasteiger partial charge in [-0.15, -0.1) is 0 Å². The monoisotopic (exact) mass is 507 g/mol. The van der Waals surface area contributed by atoms with Gasteiger partial charge < -0.3 is 14.7 Å². The van der Waals surface area contributed by atoms with E-state index < -0.39 is 34.3 Å². The highest BCUT2D eigenvalue weighted by Crippen LogP contribution is 2.41. The van der Waals surface area contributed by atoms with Crippen molar-refractivity contribution in [3.8, 4) is 11.5 Å². The Kier molecular flexibility index (Phi) is 6.45. The van der Waals surface area contributed by atoms with Gasteiger partial charge in [0.25, 0.3) is 5.91 Å². The molecule has 1 saturated carbocycles. The summed E-state index contributed by atoms with van der Waals surface area (Å²) in [5, 5.41) is 12.5. The Labute approximate surface area is 212 Å². The number of benzene rings is 2. The van der Waals surface area contributed by atoms with Gasteiger partial charge in [0.05, 0.1) is 12.1 Å². The van der Waals surface area contributed by atoms with Crippen molar-refractivity contribution in [2.24, 2.45) is 0 Å². The zero-order valence-electron chi connectivity index (χ0n) is 20.4. The van der Waals surface area contributed by atoms with Gasteiger partial charge in [-0.3, -0.25) is 19.3 Å². The predicted molar refractivity (Wildman–Crippen MR) is 134 cm³/mol. The molecule has 1 aliphatic heterocycles. The smallest absolute Gasteiger partial charge is 0.278 e. The second-order valence-corrected chi connectivity index (χ2v) is 9.41. The third-order valence-electron chi connectivity index (χ3n) is 7.16. The molecule has 5 rings (SSSR count). The maximum atomic E-state index is 13.9. The van der Waals surface area contributed by atoms with E-state index in [9.17, 15) is 23.5 Å². The van der Waals surface area contributed by atoms with Gasteiger partial charge in [0, 0.05) is 12.3 Å². The number of aromatic hydroxyl groups is 1. The van der Waals surface area contributed by atoms with E-state index in [2.05, 4.69) is 0 Å². The quantitative estimate of drug-likeness (QED) is 0.484. The Morgan fingerprint density at radius 3 is 2.59 bits per heavy atom. The van der Waals surface area contributed by atoms with E-state index in [-0.39, 0.29) is 24.7 Å². The molecule has 0 bridgehead atoms. The number of ether oxygens (including phenoxy) is 1. The molecule has 1 fully saturated rings. The number of aryl methyl sites for hydroxylation is 1. The molecule has 1 aromatic heterocycles. The fourth-order valence-electron chi connectivity index (χ4n) is 4.90.